The molecule has 18 heavy (non-hydrogen) atoms. The Morgan fingerprint density at radius 1 is 1.39 bits per heavy atom. The molecule has 1 saturated heterocycles. The molecular weight excluding hydrogens is 241 g/mol. The molecule has 1 N–H and O–H groups in total. The summed E-state index contributed by atoms with van der Waals surface area (Å²) in [4.78, 5) is 2.29. The first-order valence-electron chi connectivity index (χ1n) is 6.96. The van der Waals surface area contributed by atoms with Crippen LogP contribution in [0.4, 0.5) is 13.2 Å². The van der Waals surface area contributed by atoms with Crippen LogP contribution in [0.5, 0.6) is 0 Å². The lowest BCUT2D eigenvalue weighted by atomic mass is 10.1. The number of nitrogens with zero attached hydrogens (tertiary/aromatic N) is 1. The Balaban J connectivity index is 2.25. The standard InChI is InChI=1S/C13H25F3N2/c1-3-18(10-12-7-5-9-17-12)11(2)6-4-8-13(14,15)16/h11-12,17H,3-10H2,1-2H3. The summed E-state index contributed by atoms with van der Waals surface area (Å²) in [5, 5.41) is 3.43. The molecule has 0 bridgehead atoms. The molecule has 0 aromatic carbocycles. The molecule has 2 unspecified atom stereocenters. The van der Waals surface area contributed by atoms with E-state index in [0.29, 0.717) is 12.5 Å². The van der Waals surface area contributed by atoms with Crippen LogP contribution in [0, 0.1) is 0 Å². The first-order valence-corrected chi connectivity index (χ1v) is 6.96. The highest BCUT2D eigenvalue weighted by molar-refractivity contribution is 4.79. The fourth-order valence-corrected chi connectivity index (χ4v) is 2.60. The zero-order chi connectivity index (χ0) is 13.6. The Morgan fingerprint density at radius 3 is 2.61 bits per heavy atom. The monoisotopic (exact) mass is 266 g/mol. The van der Waals surface area contributed by atoms with E-state index in [1.807, 2.05) is 6.92 Å². The highest BCUT2D eigenvalue weighted by atomic mass is 19.4. The number of halogens is 3. The number of hydrogen-bond donors (Lipinski definition) is 1. The van der Waals surface area contributed by atoms with E-state index >= 15 is 0 Å². The Morgan fingerprint density at radius 2 is 2.11 bits per heavy atom. The minimum absolute atomic E-state index is 0.235. The number of likely N-dealkylation sites (N-methyl/N-ethyl adjacent to an activating group) is 1. The topological polar surface area (TPSA) is 15.3 Å². The van der Waals surface area contributed by atoms with Gasteiger partial charge in [-0.2, -0.15) is 13.2 Å². The molecule has 1 aliphatic rings. The number of hydrogen-bond acceptors (Lipinski definition) is 2. The van der Waals surface area contributed by atoms with E-state index in [-0.39, 0.29) is 12.5 Å². The predicted molar refractivity (Wildman–Crippen MR) is 67.6 cm³/mol. The number of alkyl halides is 3. The van der Waals surface area contributed by atoms with Crippen molar-refractivity contribution < 1.29 is 13.2 Å². The molecular formula is C13H25F3N2. The lowest BCUT2D eigenvalue weighted by Gasteiger charge is -2.30. The van der Waals surface area contributed by atoms with E-state index in [9.17, 15) is 13.2 Å². The van der Waals surface area contributed by atoms with Gasteiger partial charge in [0.1, 0.15) is 0 Å². The molecule has 0 spiro atoms. The Labute approximate surface area is 108 Å². The normalized spacial score (nSPS) is 22.7. The Kier molecular flexibility index (Phi) is 6.43. The second-order valence-electron chi connectivity index (χ2n) is 5.24. The van der Waals surface area contributed by atoms with Gasteiger partial charge in [0.05, 0.1) is 0 Å². The predicted octanol–water partition coefficient (Wildman–Crippen LogP) is 3.18. The number of rotatable bonds is 7. The number of nitrogens with one attached hydrogen (secondary N) is 1. The minimum atomic E-state index is -4.01. The van der Waals surface area contributed by atoms with E-state index in [0.717, 1.165) is 19.6 Å². The minimum Gasteiger partial charge on any atom is -0.313 e. The molecule has 0 aliphatic carbocycles. The van der Waals surface area contributed by atoms with E-state index in [2.05, 4.69) is 17.1 Å². The summed E-state index contributed by atoms with van der Waals surface area (Å²) in [6.07, 6.45) is -1.41. The fourth-order valence-electron chi connectivity index (χ4n) is 2.60. The third-order valence-electron chi connectivity index (χ3n) is 3.73. The van der Waals surface area contributed by atoms with Crippen LogP contribution in [0.2, 0.25) is 0 Å². The van der Waals surface area contributed by atoms with Gasteiger partial charge in [0.25, 0.3) is 0 Å². The van der Waals surface area contributed by atoms with Gasteiger partial charge in [0.2, 0.25) is 0 Å². The average molecular weight is 266 g/mol. The molecule has 0 amide bonds. The molecule has 0 radical (unpaired) electrons. The van der Waals surface area contributed by atoms with Crippen LogP contribution in [-0.4, -0.2) is 42.8 Å². The van der Waals surface area contributed by atoms with Gasteiger partial charge in [-0.1, -0.05) is 6.92 Å². The van der Waals surface area contributed by atoms with Crippen molar-refractivity contribution in [2.75, 3.05) is 19.6 Å². The van der Waals surface area contributed by atoms with E-state index in [4.69, 9.17) is 0 Å². The summed E-state index contributed by atoms with van der Waals surface area (Å²) in [5.41, 5.74) is 0. The summed E-state index contributed by atoms with van der Waals surface area (Å²) in [6, 6.07) is 0.759. The zero-order valence-electron chi connectivity index (χ0n) is 11.4. The van der Waals surface area contributed by atoms with Crippen LogP contribution < -0.4 is 5.32 Å². The molecule has 2 atom stereocenters. The Hall–Kier alpha value is -0.290. The van der Waals surface area contributed by atoms with Gasteiger partial charge in [0, 0.05) is 25.0 Å². The average Bonchev–Trinajstić information content (AvgIpc) is 2.76. The van der Waals surface area contributed by atoms with Crippen molar-refractivity contribution in [2.24, 2.45) is 0 Å². The summed E-state index contributed by atoms with van der Waals surface area (Å²) in [6.45, 7) is 7.06. The third-order valence-corrected chi connectivity index (χ3v) is 3.73. The van der Waals surface area contributed by atoms with Crippen LogP contribution in [0.25, 0.3) is 0 Å². The maximum Gasteiger partial charge on any atom is 0.389 e. The lowest BCUT2D eigenvalue weighted by molar-refractivity contribution is -0.136. The first kappa shape index (κ1) is 15.8. The van der Waals surface area contributed by atoms with Crippen LogP contribution in [-0.2, 0) is 0 Å². The molecule has 0 saturated carbocycles. The lowest BCUT2D eigenvalue weighted by Crippen LogP contribution is -2.42. The SMILES string of the molecule is CCN(CC1CCCN1)C(C)CCCC(F)(F)F. The molecule has 108 valence electrons. The summed E-state index contributed by atoms with van der Waals surface area (Å²) >= 11 is 0. The van der Waals surface area contributed by atoms with E-state index in [1.165, 1.54) is 12.8 Å². The molecule has 1 heterocycles. The second kappa shape index (κ2) is 7.34. The summed E-state index contributed by atoms with van der Waals surface area (Å²) < 4.78 is 36.3. The van der Waals surface area contributed by atoms with Gasteiger partial charge in [-0.3, -0.25) is 4.90 Å². The third kappa shape index (κ3) is 6.05. The van der Waals surface area contributed by atoms with Crippen molar-refractivity contribution in [1.82, 2.24) is 10.2 Å². The van der Waals surface area contributed by atoms with Crippen LogP contribution in [0.15, 0.2) is 0 Å². The molecule has 0 aromatic heterocycles. The van der Waals surface area contributed by atoms with Gasteiger partial charge >= 0.3 is 6.18 Å². The highest BCUT2D eigenvalue weighted by Gasteiger charge is 2.27. The van der Waals surface area contributed by atoms with Crippen LogP contribution >= 0.6 is 0 Å². The highest BCUT2D eigenvalue weighted by Crippen LogP contribution is 2.23. The largest absolute Gasteiger partial charge is 0.389 e. The molecule has 1 aliphatic heterocycles. The maximum absolute atomic E-state index is 12.1. The van der Waals surface area contributed by atoms with E-state index in [1.54, 1.807) is 0 Å². The zero-order valence-corrected chi connectivity index (χ0v) is 11.4. The maximum atomic E-state index is 12.1. The van der Waals surface area contributed by atoms with Crippen molar-refractivity contribution in [1.29, 1.82) is 0 Å². The van der Waals surface area contributed by atoms with Gasteiger partial charge in [-0.25, -0.2) is 0 Å². The second-order valence-corrected chi connectivity index (χ2v) is 5.24. The van der Waals surface area contributed by atoms with Crippen LogP contribution in [0.3, 0.4) is 0 Å². The Bertz CT molecular complexity index is 225. The molecule has 0 aromatic rings. The summed E-state index contributed by atoms with van der Waals surface area (Å²) in [7, 11) is 0. The molecule has 1 fully saturated rings. The molecule has 5 heteroatoms. The van der Waals surface area contributed by atoms with Gasteiger partial charge in [-0.15, -0.1) is 0 Å². The first-order chi connectivity index (χ1) is 8.42. The molecule has 1 rings (SSSR count). The van der Waals surface area contributed by atoms with Crippen molar-refractivity contribution >= 4 is 0 Å². The van der Waals surface area contributed by atoms with Gasteiger partial charge < -0.3 is 5.32 Å². The molecule has 2 nitrogen and oxygen atoms in total. The quantitative estimate of drug-likeness (QED) is 0.761. The smallest absolute Gasteiger partial charge is 0.313 e. The van der Waals surface area contributed by atoms with Crippen molar-refractivity contribution in [3.8, 4) is 0 Å². The fraction of sp³-hybridized carbons (Fsp3) is 1.00. The van der Waals surface area contributed by atoms with Gasteiger partial charge in [0.15, 0.2) is 0 Å². The van der Waals surface area contributed by atoms with Crippen molar-refractivity contribution in [3.05, 3.63) is 0 Å². The van der Waals surface area contributed by atoms with E-state index < -0.39 is 12.6 Å². The van der Waals surface area contributed by atoms with Gasteiger partial charge in [-0.05, 0) is 45.7 Å². The summed E-state index contributed by atoms with van der Waals surface area (Å²) in [5.74, 6) is 0. The van der Waals surface area contributed by atoms with Crippen molar-refractivity contribution in [3.63, 3.8) is 0 Å². The van der Waals surface area contributed by atoms with Crippen molar-refractivity contribution in [2.45, 2.75) is 64.2 Å². The van der Waals surface area contributed by atoms with Crippen LogP contribution in [0.1, 0.15) is 46.0 Å².